The van der Waals surface area contributed by atoms with Crippen LogP contribution in [0.3, 0.4) is 0 Å². The molecule has 8 heteroatoms. The summed E-state index contributed by atoms with van der Waals surface area (Å²) in [6.07, 6.45) is 16.0. The molecule has 0 rings (SSSR count). The van der Waals surface area contributed by atoms with Gasteiger partial charge in [0.25, 0.3) is 0 Å². The normalized spacial score (nSPS) is 13.3. The van der Waals surface area contributed by atoms with Crippen molar-refractivity contribution in [3.8, 4) is 0 Å². The molecule has 0 aliphatic carbocycles. The molecule has 1 atom stereocenters. The zero-order valence-electron chi connectivity index (χ0n) is 20.2. The molecule has 1 unspecified atom stereocenters. The highest BCUT2D eigenvalue weighted by atomic mass is 32.2. The number of aliphatic hydroxyl groups is 1. The average Bonchev–Trinajstić information content (AvgIpc) is 2.63. The zero-order valence-corrected chi connectivity index (χ0v) is 21.1. The van der Waals surface area contributed by atoms with Gasteiger partial charge >= 0.3 is 0 Å². The number of hydrogen-bond acceptors (Lipinski definition) is 5. The number of likely N-dealkylation sites (N-methyl/N-ethyl adjacent to an activating group) is 1. The van der Waals surface area contributed by atoms with Gasteiger partial charge in [0.2, 0.25) is 5.91 Å². The van der Waals surface area contributed by atoms with Crippen molar-refractivity contribution in [1.82, 2.24) is 5.32 Å². The molecule has 0 aliphatic rings. The Labute approximate surface area is 191 Å². The highest BCUT2D eigenvalue weighted by Crippen LogP contribution is 2.13. The highest BCUT2D eigenvalue weighted by molar-refractivity contribution is 7.85. The summed E-state index contributed by atoms with van der Waals surface area (Å²) in [6, 6.07) is 0. The predicted octanol–water partition coefficient (Wildman–Crippen LogP) is 3.57. The van der Waals surface area contributed by atoms with Gasteiger partial charge in [-0.05, 0) is 6.42 Å². The minimum absolute atomic E-state index is 0.0331. The van der Waals surface area contributed by atoms with Crippen LogP contribution in [-0.2, 0) is 14.9 Å². The summed E-state index contributed by atoms with van der Waals surface area (Å²) in [7, 11) is -0.772. The SMILES string of the molecule is CCCCCCCCCCCCCCCC(=O)NCC[N+](C)(C)CC(O)CS(=O)(=O)[O-]. The van der Waals surface area contributed by atoms with Gasteiger partial charge in [0.1, 0.15) is 12.6 Å². The molecule has 186 valence electrons. The minimum atomic E-state index is -4.44. The van der Waals surface area contributed by atoms with E-state index in [4.69, 9.17) is 0 Å². The van der Waals surface area contributed by atoms with E-state index in [0.717, 1.165) is 12.8 Å². The Morgan fingerprint density at radius 1 is 0.903 bits per heavy atom. The summed E-state index contributed by atoms with van der Waals surface area (Å²) in [5.74, 6) is -0.745. The van der Waals surface area contributed by atoms with Crippen LogP contribution in [0.25, 0.3) is 0 Å². The van der Waals surface area contributed by atoms with Crippen molar-refractivity contribution in [1.29, 1.82) is 0 Å². The quantitative estimate of drug-likeness (QED) is 0.153. The van der Waals surface area contributed by atoms with Crippen molar-refractivity contribution in [3.05, 3.63) is 0 Å². The van der Waals surface area contributed by atoms with Crippen molar-refractivity contribution in [2.45, 2.75) is 103 Å². The van der Waals surface area contributed by atoms with Gasteiger partial charge in [0.05, 0.1) is 43.1 Å². The first-order valence-corrected chi connectivity index (χ1v) is 13.8. The van der Waals surface area contributed by atoms with E-state index in [2.05, 4.69) is 12.2 Å². The molecule has 0 aromatic rings. The first-order chi connectivity index (χ1) is 14.6. The summed E-state index contributed by atoms with van der Waals surface area (Å²) in [5.41, 5.74) is 0. The minimum Gasteiger partial charge on any atom is -0.748 e. The molecule has 0 aromatic heterocycles. The second-order valence-electron chi connectivity index (χ2n) is 9.56. The molecule has 0 aliphatic heterocycles. The Bertz CT molecular complexity index is 552. The second-order valence-corrected chi connectivity index (χ2v) is 11.0. The van der Waals surface area contributed by atoms with Crippen LogP contribution in [0.15, 0.2) is 0 Å². The summed E-state index contributed by atoms with van der Waals surface area (Å²) in [4.78, 5) is 12.0. The Balaban J connectivity index is 3.57. The highest BCUT2D eigenvalue weighted by Gasteiger charge is 2.22. The monoisotopic (exact) mass is 464 g/mol. The smallest absolute Gasteiger partial charge is 0.220 e. The number of unbranched alkanes of at least 4 members (excludes halogenated alkanes) is 12. The molecule has 0 fully saturated rings. The largest absolute Gasteiger partial charge is 0.748 e. The molecule has 7 nitrogen and oxygen atoms in total. The van der Waals surface area contributed by atoms with Gasteiger partial charge < -0.3 is 19.5 Å². The van der Waals surface area contributed by atoms with E-state index >= 15 is 0 Å². The molecular formula is C23H48N2O5S. The predicted molar refractivity (Wildman–Crippen MR) is 126 cm³/mol. The van der Waals surface area contributed by atoms with E-state index < -0.39 is 22.0 Å². The van der Waals surface area contributed by atoms with Crippen molar-refractivity contribution in [2.24, 2.45) is 0 Å². The van der Waals surface area contributed by atoms with E-state index in [1.165, 1.54) is 70.6 Å². The number of rotatable bonds is 21. The number of quaternary nitrogens is 1. The Morgan fingerprint density at radius 2 is 1.35 bits per heavy atom. The van der Waals surface area contributed by atoms with Crippen LogP contribution in [0.2, 0.25) is 0 Å². The fourth-order valence-electron chi connectivity index (χ4n) is 3.84. The number of aliphatic hydroxyl groups excluding tert-OH is 1. The maximum atomic E-state index is 12.0. The summed E-state index contributed by atoms with van der Waals surface area (Å²) in [6.45, 7) is 3.41. The number of hydrogen-bond donors (Lipinski definition) is 2. The first-order valence-electron chi connectivity index (χ1n) is 12.3. The van der Waals surface area contributed by atoms with Crippen LogP contribution in [0, 0.1) is 0 Å². The third-order valence-corrected chi connectivity index (χ3v) is 6.44. The van der Waals surface area contributed by atoms with Gasteiger partial charge in [0.15, 0.2) is 0 Å². The third kappa shape index (κ3) is 22.3. The number of nitrogens with zero attached hydrogens (tertiary/aromatic N) is 1. The van der Waals surface area contributed by atoms with Crippen molar-refractivity contribution < 1.29 is 27.4 Å². The van der Waals surface area contributed by atoms with Crippen molar-refractivity contribution >= 4 is 16.0 Å². The van der Waals surface area contributed by atoms with Crippen LogP contribution in [0.1, 0.15) is 96.8 Å². The molecule has 1 amide bonds. The lowest BCUT2D eigenvalue weighted by Crippen LogP contribution is -2.50. The lowest BCUT2D eigenvalue weighted by atomic mass is 10.0. The van der Waals surface area contributed by atoms with E-state index in [9.17, 15) is 22.9 Å². The van der Waals surface area contributed by atoms with Crippen LogP contribution >= 0.6 is 0 Å². The van der Waals surface area contributed by atoms with Gasteiger partial charge in [-0.2, -0.15) is 0 Å². The Hall–Kier alpha value is -0.700. The standard InChI is InChI=1S/C23H48N2O5S/c1-4-5-6-7-8-9-10-11-12-13-14-15-16-17-23(27)24-18-19-25(2,3)20-22(26)21-31(28,29)30/h22,26H,4-21H2,1-3H3,(H-,24,27,28,29,30). The Morgan fingerprint density at radius 3 is 1.81 bits per heavy atom. The molecule has 0 spiro atoms. The van der Waals surface area contributed by atoms with E-state index in [-0.39, 0.29) is 12.5 Å². The summed E-state index contributed by atoms with van der Waals surface area (Å²) in [5, 5.41) is 12.6. The molecular weight excluding hydrogens is 416 g/mol. The molecule has 0 saturated carbocycles. The summed E-state index contributed by atoms with van der Waals surface area (Å²) < 4.78 is 32.5. The number of amides is 1. The molecule has 2 N–H and O–H groups in total. The molecule has 0 bridgehead atoms. The van der Waals surface area contributed by atoms with Crippen LogP contribution in [0.5, 0.6) is 0 Å². The molecule has 0 aromatic carbocycles. The fourth-order valence-corrected chi connectivity index (χ4v) is 4.42. The van der Waals surface area contributed by atoms with Crippen LogP contribution < -0.4 is 5.32 Å². The second kappa shape index (κ2) is 17.8. The van der Waals surface area contributed by atoms with Gasteiger partial charge in [-0.3, -0.25) is 4.79 Å². The van der Waals surface area contributed by atoms with Crippen molar-refractivity contribution in [3.63, 3.8) is 0 Å². The lowest BCUT2D eigenvalue weighted by molar-refractivity contribution is -0.891. The van der Waals surface area contributed by atoms with Gasteiger partial charge in [-0.25, -0.2) is 8.42 Å². The van der Waals surface area contributed by atoms with Crippen LogP contribution in [0.4, 0.5) is 0 Å². The topological polar surface area (TPSA) is 107 Å². The van der Waals surface area contributed by atoms with E-state index in [0.29, 0.717) is 24.0 Å². The maximum Gasteiger partial charge on any atom is 0.220 e. The lowest BCUT2D eigenvalue weighted by Gasteiger charge is -2.32. The maximum absolute atomic E-state index is 12.0. The van der Waals surface area contributed by atoms with Crippen molar-refractivity contribution in [2.75, 3.05) is 39.5 Å². The number of carbonyl (C=O) groups is 1. The van der Waals surface area contributed by atoms with Gasteiger partial charge in [-0.1, -0.05) is 84.0 Å². The number of nitrogens with one attached hydrogen (secondary N) is 1. The molecule has 0 radical (unpaired) electrons. The van der Waals surface area contributed by atoms with E-state index in [1.54, 1.807) is 0 Å². The first kappa shape index (κ1) is 30.3. The van der Waals surface area contributed by atoms with E-state index in [1.807, 2.05) is 14.1 Å². The molecule has 0 heterocycles. The third-order valence-electron chi connectivity index (χ3n) is 5.65. The number of carbonyl (C=O) groups excluding carboxylic acids is 1. The van der Waals surface area contributed by atoms with Gasteiger partial charge in [-0.15, -0.1) is 0 Å². The molecule has 31 heavy (non-hydrogen) atoms. The van der Waals surface area contributed by atoms with Gasteiger partial charge in [0, 0.05) is 6.42 Å². The Kier molecular flexibility index (Phi) is 17.4. The fraction of sp³-hybridized carbons (Fsp3) is 0.957. The zero-order chi connectivity index (χ0) is 23.6. The molecule has 0 saturated heterocycles. The van der Waals surface area contributed by atoms with Crippen LogP contribution in [-0.4, -0.2) is 74.1 Å². The summed E-state index contributed by atoms with van der Waals surface area (Å²) >= 11 is 0. The average molecular weight is 465 g/mol.